The van der Waals surface area contributed by atoms with Gasteiger partial charge < -0.3 is 24.1 Å². The van der Waals surface area contributed by atoms with E-state index in [9.17, 15) is 18.7 Å². The highest BCUT2D eigenvalue weighted by molar-refractivity contribution is 6.01. The number of likely N-dealkylation sites (tertiary alicyclic amines) is 1. The zero-order valence-corrected chi connectivity index (χ0v) is 23.0. The average Bonchev–Trinajstić information content (AvgIpc) is 3.53. The summed E-state index contributed by atoms with van der Waals surface area (Å²) in [6, 6.07) is 16.0. The van der Waals surface area contributed by atoms with Gasteiger partial charge in [0.1, 0.15) is 0 Å². The number of nitrogens with zero attached hydrogens (tertiary/aromatic N) is 3. The Morgan fingerprint density at radius 3 is 2.51 bits per heavy atom. The van der Waals surface area contributed by atoms with Crippen molar-refractivity contribution in [2.24, 2.45) is 4.99 Å². The van der Waals surface area contributed by atoms with Crippen molar-refractivity contribution < 1.29 is 27.8 Å². The summed E-state index contributed by atoms with van der Waals surface area (Å²) in [5.41, 5.74) is 1.66. The second-order valence-corrected chi connectivity index (χ2v) is 10.4. The molecule has 0 saturated carbocycles. The van der Waals surface area contributed by atoms with Crippen LogP contribution in [0.5, 0.6) is 0 Å². The maximum atomic E-state index is 14.5. The van der Waals surface area contributed by atoms with E-state index in [1.807, 2.05) is 35.2 Å². The monoisotopic (exact) mass is 563 g/mol. The van der Waals surface area contributed by atoms with E-state index < -0.39 is 23.6 Å². The van der Waals surface area contributed by atoms with Crippen LogP contribution in [-0.4, -0.2) is 66.1 Å². The van der Waals surface area contributed by atoms with Crippen LogP contribution < -0.4 is 0 Å². The van der Waals surface area contributed by atoms with E-state index in [1.54, 1.807) is 12.1 Å². The molecule has 3 aromatic rings. The van der Waals surface area contributed by atoms with Gasteiger partial charge in [0.25, 0.3) is 0 Å². The zero-order chi connectivity index (χ0) is 28.6. The number of carboxylic acid groups (broad SMARTS) is 1. The van der Waals surface area contributed by atoms with Crippen LogP contribution in [0.1, 0.15) is 48.6 Å². The van der Waals surface area contributed by atoms with Gasteiger partial charge in [-0.1, -0.05) is 42.8 Å². The van der Waals surface area contributed by atoms with Gasteiger partial charge in [-0.3, -0.25) is 0 Å². The number of aryl methyl sites for hydroxylation is 1. The van der Waals surface area contributed by atoms with Crippen LogP contribution in [0.2, 0.25) is 0 Å². The Balaban J connectivity index is 1.48. The molecule has 1 unspecified atom stereocenters. The van der Waals surface area contributed by atoms with Crippen LogP contribution in [0.15, 0.2) is 87.6 Å². The van der Waals surface area contributed by atoms with Gasteiger partial charge in [-0.05, 0) is 74.2 Å². The van der Waals surface area contributed by atoms with Gasteiger partial charge >= 0.3 is 5.97 Å². The summed E-state index contributed by atoms with van der Waals surface area (Å²) in [4.78, 5) is 21.7. The summed E-state index contributed by atoms with van der Waals surface area (Å²) in [6.45, 7) is 3.61. The van der Waals surface area contributed by atoms with Gasteiger partial charge in [0, 0.05) is 13.1 Å². The molecule has 7 nitrogen and oxygen atoms in total. The first-order valence-electron chi connectivity index (χ1n) is 14.2. The van der Waals surface area contributed by atoms with E-state index in [-0.39, 0.29) is 17.9 Å². The highest BCUT2D eigenvalue weighted by Gasteiger charge is 2.38. The van der Waals surface area contributed by atoms with Crippen molar-refractivity contribution in [2.75, 3.05) is 39.4 Å². The van der Waals surface area contributed by atoms with Crippen LogP contribution in [0.3, 0.4) is 0 Å². The fourth-order valence-corrected chi connectivity index (χ4v) is 5.55. The van der Waals surface area contributed by atoms with Crippen LogP contribution in [0.25, 0.3) is 0 Å². The minimum atomic E-state index is -1.19. The van der Waals surface area contributed by atoms with Crippen LogP contribution in [0.4, 0.5) is 8.78 Å². The number of carboxylic acids is 1. The molecule has 3 heterocycles. The molecule has 0 radical (unpaired) electrons. The first-order chi connectivity index (χ1) is 20.0. The third-order valence-corrected chi connectivity index (χ3v) is 7.59. The molecule has 216 valence electrons. The Morgan fingerprint density at radius 1 is 1.00 bits per heavy atom. The van der Waals surface area contributed by atoms with Gasteiger partial charge in [0.05, 0.1) is 36.8 Å². The summed E-state index contributed by atoms with van der Waals surface area (Å²) < 4.78 is 40.2. The second kappa shape index (κ2) is 13.7. The highest BCUT2D eigenvalue weighted by Crippen LogP contribution is 2.37. The van der Waals surface area contributed by atoms with Crippen molar-refractivity contribution in [3.63, 3.8) is 0 Å². The van der Waals surface area contributed by atoms with Crippen molar-refractivity contribution >= 4 is 11.8 Å². The number of carbonyl (C=O) groups is 1. The number of aliphatic carboxylic acids is 1. The fourth-order valence-electron chi connectivity index (χ4n) is 5.55. The maximum Gasteiger partial charge on any atom is 0.336 e. The molecule has 9 heteroatoms. The number of ether oxygens (including phenoxy) is 1. The van der Waals surface area contributed by atoms with E-state index in [1.165, 1.54) is 31.6 Å². The molecular weight excluding hydrogens is 528 g/mol. The molecule has 5 rings (SSSR count). The average molecular weight is 564 g/mol. The van der Waals surface area contributed by atoms with E-state index in [0.717, 1.165) is 43.8 Å². The number of furan rings is 1. The molecular formula is C32H35F2N3O4. The molecule has 1 N–H and O–H groups in total. The van der Waals surface area contributed by atoms with Gasteiger partial charge in [-0.2, -0.15) is 0 Å². The molecule has 1 aromatic heterocycles. The number of piperidine rings is 1. The van der Waals surface area contributed by atoms with Crippen molar-refractivity contribution in [1.82, 2.24) is 9.80 Å². The Morgan fingerprint density at radius 2 is 1.80 bits per heavy atom. The van der Waals surface area contributed by atoms with Crippen molar-refractivity contribution in [3.8, 4) is 0 Å². The number of amidine groups is 1. The molecule has 0 bridgehead atoms. The lowest BCUT2D eigenvalue weighted by Gasteiger charge is -2.38. The zero-order valence-electron chi connectivity index (χ0n) is 23.0. The summed E-state index contributed by atoms with van der Waals surface area (Å²) in [5, 5.41) is 10.5. The van der Waals surface area contributed by atoms with E-state index in [4.69, 9.17) is 14.1 Å². The molecule has 41 heavy (non-hydrogen) atoms. The maximum absolute atomic E-state index is 14.5. The minimum absolute atomic E-state index is 0.0241. The normalized spacial score (nSPS) is 18.0. The van der Waals surface area contributed by atoms with Gasteiger partial charge in [0.15, 0.2) is 23.2 Å². The Kier molecular flexibility index (Phi) is 9.59. The summed E-state index contributed by atoms with van der Waals surface area (Å²) in [5.74, 6) is -2.35. The number of halogens is 2. The second-order valence-electron chi connectivity index (χ2n) is 10.4. The lowest BCUT2D eigenvalue weighted by atomic mass is 9.92. The molecule has 1 atom stereocenters. The summed E-state index contributed by atoms with van der Waals surface area (Å²) in [6.07, 6.45) is 6.51. The molecule has 2 aliphatic heterocycles. The van der Waals surface area contributed by atoms with Crippen LogP contribution >= 0.6 is 0 Å². The smallest absolute Gasteiger partial charge is 0.336 e. The lowest BCUT2D eigenvalue weighted by molar-refractivity contribution is -0.133. The predicted octanol–water partition coefficient (Wildman–Crippen LogP) is 5.84. The first-order valence-corrected chi connectivity index (χ1v) is 14.2. The summed E-state index contributed by atoms with van der Waals surface area (Å²) in [7, 11) is 0. The minimum Gasteiger partial charge on any atom is -0.478 e. The SMILES string of the molecule is O=C(O)C1=C(COCCN2CCCCC2)N=C(c2ccco2)N(CCCc2ccccc2)C1c1ccc(F)c(F)c1. The molecule has 0 amide bonds. The Labute approximate surface area is 238 Å². The third kappa shape index (κ3) is 7.10. The molecule has 0 spiro atoms. The molecule has 1 saturated heterocycles. The number of rotatable bonds is 12. The topological polar surface area (TPSA) is 78.5 Å². The number of benzene rings is 2. The van der Waals surface area contributed by atoms with Gasteiger partial charge in [-0.25, -0.2) is 18.6 Å². The fraction of sp³-hybridized carbons (Fsp3) is 0.375. The van der Waals surface area contributed by atoms with Crippen molar-refractivity contribution in [3.05, 3.63) is 107 Å². The van der Waals surface area contributed by atoms with E-state index >= 15 is 0 Å². The molecule has 1 fully saturated rings. The van der Waals surface area contributed by atoms with Crippen LogP contribution in [0, 0.1) is 11.6 Å². The number of hydrogen-bond donors (Lipinski definition) is 1. The number of aliphatic imine (C=N–C) groups is 1. The van der Waals surface area contributed by atoms with Gasteiger partial charge in [-0.15, -0.1) is 0 Å². The third-order valence-electron chi connectivity index (χ3n) is 7.59. The largest absolute Gasteiger partial charge is 0.478 e. The highest BCUT2D eigenvalue weighted by atomic mass is 19.2. The van der Waals surface area contributed by atoms with Crippen molar-refractivity contribution in [2.45, 2.75) is 38.1 Å². The van der Waals surface area contributed by atoms with Crippen molar-refractivity contribution in [1.29, 1.82) is 0 Å². The van der Waals surface area contributed by atoms with Gasteiger partial charge in [0.2, 0.25) is 0 Å². The molecule has 0 aliphatic carbocycles. The Bertz CT molecular complexity index is 1370. The quantitative estimate of drug-likeness (QED) is 0.279. The van der Waals surface area contributed by atoms with Crippen LogP contribution in [-0.2, 0) is 16.0 Å². The standard InChI is InChI=1S/C32H35F2N3O4/c33-25-14-13-24(21-26(25)34)30-29(32(38)39)27(22-40-20-18-36-15-5-2-6-16-36)35-31(28-12-8-19-41-28)37(30)17-7-11-23-9-3-1-4-10-23/h1,3-4,8-10,12-14,19,21,30H,2,5-7,11,15-18,20,22H2,(H,38,39). The molecule has 2 aromatic carbocycles. The summed E-state index contributed by atoms with van der Waals surface area (Å²) >= 11 is 0. The van der Waals surface area contributed by atoms with E-state index in [0.29, 0.717) is 36.7 Å². The molecule has 2 aliphatic rings. The Hall–Kier alpha value is -3.82. The lowest BCUT2D eigenvalue weighted by Crippen LogP contribution is -2.42. The van der Waals surface area contributed by atoms with E-state index in [2.05, 4.69) is 4.90 Å². The number of hydrogen-bond acceptors (Lipinski definition) is 6. The first kappa shape index (κ1) is 28.7. The predicted molar refractivity (Wildman–Crippen MR) is 152 cm³/mol.